The Morgan fingerprint density at radius 3 is 1.98 bits per heavy atom. The van der Waals surface area contributed by atoms with Gasteiger partial charge >= 0.3 is 0 Å². The number of Topliss-reactive ketones (excluding diaryl/α,β-unsaturated/α-hetero) is 1. The number of halogens is 2. The van der Waals surface area contributed by atoms with E-state index >= 15 is 0 Å². The van der Waals surface area contributed by atoms with Crippen LogP contribution in [-0.4, -0.2) is 66.5 Å². The number of hydrogen-bond acceptors (Lipinski definition) is 8. The van der Waals surface area contributed by atoms with Crippen molar-refractivity contribution in [3.05, 3.63) is 80.8 Å². The lowest BCUT2D eigenvalue weighted by Crippen LogP contribution is -2.50. The van der Waals surface area contributed by atoms with Gasteiger partial charge in [-0.3, -0.25) is 14.5 Å². The number of amides is 1. The Bertz CT molecular complexity index is 2050. The molecule has 4 aromatic rings. The van der Waals surface area contributed by atoms with E-state index in [1.54, 1.807) is 21.1 Å². The number of likely N-dealkylation sites (tertiary alicyclic amines) is 1. The molecule has 0 spiro atoms. The van der Waals surface area contributed by atoms with Crippen LogP contribution in [0.25, 0.3) is 33.6 Å². The van der Waals surface area contributed by atoms with Crippen molar-refractivity contribution in [1.29, 1.82) is 0 Å². The summed E-state index contributed by atoms with van der Waals surface area (Å²) >= 11 is 14.5. The first kappa shape index (κ1) is 34.1. The number of ether oxygens (including phenoxy) is 2. The number of aryl methyl sites for hydroxylation is 2. The highest BCUT2D eigenvalue weighted by Gasteiger charge is 2.40. The van der Waals surface area contributed by atoms with Gasteiger partial charge in [-0.15, -0.1) is 0 Å². The Labute approximate surface area is 308 Å². The van der Waals surface area contributed by atoms with Crippen molar-refractivity contribution in [2.24, 2.45) is 5.92 Å². The summed E-state index contributed by atoms with van der Waals surface area (Å²) in [4.78, 5) is 35.8. The molecule has 1 unspecified atom stereocenters. The van der Waals surface area contributed by atoms with E-state index < -0.39 is 0 Å². The van der Waals surface area contributed by atoms with E-state index in [1.165, 1.54) is 11.1 Å². The quantitative estimate of drug-likeness (QED) is 0.177. The van der Waals surface area contributed by atoms with Gasteiger partial charge < -0.3 is 20.1 Å². The Morgan fingerprint density at radius 2 is 1.41 bits per heavy atom. The number of fused-ring (bicyclic) bond motifs is 2. The maximum absolute atomic E-state index is 11.9. The average molecular weight is 727 g/mol. The number of carbonyl (C=O) groups excluding carboxylic acids is 2. The summed E-state index contributed by atoms with van der Waals surface area (Å²) in [6.07, 6.45) is 5.12. The molecule has 2 aliphatic heterocycles. The zero-order valence-electron chi connectivity index (χ0n) is 29.0. The summed E-state index contributed by atoms with van der Waals surface area (Å²) in [7, 11) is 3.31. The Balaban J connectivity index is 1.09. The van der Waals surface area contributed by atoms with E-state index in [9.17, 15) is 9.59 Å². The van der Waals surface area contributed by atoms with Crippen molar-refractivity contribution < 1.29 is 19.1 Å². The van der Waals surface area contributed by atoms with E-state index in [0.717, 1.165) is 90.0 Å². The lowest BCUT2D eigenvalue weighted by Gasteiger charge is -2.42. The predicted molar refractivity (Wildman–Crippen MR) is 198 cm³/mol. The van der Waals surface area contributed by atoms with E-state index in [2.05, 4.69) is 27.7 Å². The second kappa shape index (κ2) is 13.8. The highest BCUT2D eigenvalue weighted by Crippen LogP contribution is 2.47. The van der Waals surface area contributed by atoms with Crippen LogP contribution >= 0.6 is 23.2 Å². The molecule has 0 bridgehead atoms. The molecule has 2 saturated heterocycles. The van der Waals surface area contributed by atoms with Gasteiger partial charge in [0, 0.05) is 83.5 Å². The summed E-state index contributed by atoms with van der Waals surface area (Å²) in [5.74, 6) is 1.68. The van der Waals surface area contributed by atoms with E-state index in [1.807, 2.05) is 36.4 Å². The molecular formula is C40H41Cl2N5O4. The van der Waals surface area contributed by atoms with Crippen molar-refractivity contribution in [1.82, 2.24) is 25.5 Å². The molecule has 2 N–H and O–H groups in total. The van der Waals surface area contributed by atoms with Crippen LogP contribution in [0.3, 0.4) is 0 Å². The van der Waals surface area contributed by atoms with Gasteiger partial charge in [-0.1, -0.05) is 59.6 Å². The lowest BCUT2D eigenvalue weighted by atomic mass is 9.92. The number of carbonyl (C=O) groups is 2. The molecule has 4 aliphatic rings. The zero-order valence-corrected chi connectivity index (χ0v) is 30.5. The predicted octanol–water partition coefficient (Wildman–Crippen LogP) is 7.17. The van der Waals surface area contributed by atoms with Gasteiger partial charge in [0.1, 0.15) is 5.78 Å². The number of nitrogens with zero attached hydrogens (tertiary/aromatic N) is 3. The third kappa shape index (κ3) is 6.18. The second-order valence-corrected chi connectivity index (χ2v) is 14.9. The van der Waals surface area contributed by atoms with Crippen LogP contribution in [0.1, 0.15) is 66.9 Å². The van der Waals surface area contributed by atoms with Gasteiger partial charge in [0.05, 0.1) is 35.7 Å². The topological polar surface area (TPSA) is 106 Å². The highest BCUT2D eigenvalue weighted by molar-refractivity contribution is 6.39. The molecule has 4 heterocycles. The maximum Gasteiger partial charge on any atom is 0.220 e. The third-order valence-electron chi connectivity index (χ3n) is 11.1. The normalized spacial score (nSPS) is 21.3. The lowest BCUT2D eigenvalue weighted by molar-refractivity contribution is -0.127. The van der Waals surface area contributed by atoms with Crippen LogP contribution in [0.2, 0.25) is 10.0 Å². The smallest absolute Gasteiger partial charge is 0.220 e. The number of pyridine rings is 2. The molecule has 51 heavy (non-hydrogen) atoms. The second-order valence-electron chi connectivity index (χ2n) is 14.1. The van der Waals surface area contributed by atoms with Gasteiger partial charge in [0.25, 0.3) is 0 Å². The Hall–Kier alpha value is -4.02. The van der Waals surface area contributed by atoms with Crippen molar-refractivity contribution in [3.63, 3.8) is 0 Å². The zero-order chi connectivity index (χ0) is 35.4. The van der Waals surface area contributed by atoms with Gasteiger partial charge in [0.15, 0.2) is 0 Å². The number of nitrogens with one attached hydrogen (secondary N) is 2. The molecule has 8 rings (SSSR count). The maximum atomic E-state index is 11.9. The number of benzene rings is 2. The average Bonchev–Trinajstić information content (AvgIpc) is 3.84. The first-order valence-electron chi connectivity index (χ1n) is 17.7. The number of rotatable bonds is 10. The summed E-state index contributed by atoms with van der Waals surface area (Å²) in [6.45, 7) is 3.96. The summed E-state index contributed by atoms with van der Waals surface area (Å²) in [5, 5.41) is 7.78. The molecule has 1 amide bonds. The van der Waals surface area contributed by atoms with Crippen molar-refractivity contribution >= 4 is 34.9 Å². The van der Waals surface area contributed by atoms with Crippen LogP contribution < -0.4 is 20.1 Å². The minimum Gasteiger partial charge on any atom is -0.481 e. The van der Waals surface area contributed by atoms with Gasteiger partial charge in [-0.2, -0.15) is 0 Å². The molecule has 2 fully saturated rings. The molecule has 11 heteroatoms. The summed E-state index contributed by atoms with van der Waals surface area (Å²) in [6, 6.07) is 16.6. The van der Waals surface area contributed by atoms with E-state index in [-0.39, 0.29) is 35.7 Å². The number of aromatic nitrogens is 2. The summed E-state index contributed by atoms with van der Waals surface area (Å²) in [5.41, 5.74) is 9.25. The minimum atomic E-state index is 0.101. The molecule has 2 aromatic heterocycles. The molecular weight excluding hydrogens is 685 g/mol. The molecule has 2 aromatic carbocycles. The van der Waals surface area contributed by atoms with Gasteiger partial charge in [0.2, 0.25) is 17.7 Å². The molecule has 0 saturated carbocycles. The van der Waals surface area contributed by atoms with Crippen LogP contribution in [0.15, 0.2) is 48.5 Å². The van der Waals surface area contributed by atoms with E-state index in [4.69, 9.17) is 42.6 Å². The van der Waals surface area contributed by atoms with Crippen LogP contribution in [-0.2, 0) is 22.4 Å². The number of methoxy groups -OCH3 is 2. The van der Waals surface area contributed by atoms with Crippen molar-refractivity contribution in [2.45, 2.75) is 63.6 Å². The molecule has 264 valence electrons. The van der Waals surface area contributed by atoms with E-state index in [0.29, 0.717) is 34.8 Å². The fraction of sp³-hybridized carbons (Fsp3) is 0.400. The Morgan fingerprint density at radius 1 is 0.843 bits per heavy atom. The monoisotopic (exact) mass is 725 g/mol. The first-order valence-corrected chi connectivity index (χ1v) is 18.5. The van der Waals surface area contributed by atoms with Crippen LogP contribution in [0.5, 0.6) is 11.8 Å². The van der Waals surface area contributed by atoms with Crippen molar-refractivity contribution in [3.8, 4) is 45.4 Å². The fourth-order valence-corrected chi connectivity index (χ4v) is 9.01. The Kier molecular flexibility index (Phi) is 9.25. The molecule has 3 atom stereocenters. The molecule has 2 aliphatic carbocycles. The number of ketones is 1. The number of hydrogen-bond donors (Lipinski definition) is 2. The largest absolute Gasteiger partial charge is 0.481 e. The molecule has 9 nitrogen and oxygen atoms in total. The van der Waals surface area contributed by atoms with Crippen LogP contribution in [0, 0.1) is 5.92 Å². The molecule has 0 radical (unpaired) electrons. The standard InChI is InChI=1S/C40H41Cl2N5O4/c1-21(48)24-19-47(20-24)33-14-11-23-17-32(46-40(51-3)36(23)33)29-9-5-7-27(38(29)42)26-6-4-8-28(37(26)41)31-16-22-10-13-30(35(22)39(45-31)50-2)43-18-25-12-15-34(49)44-25/h4-9,16-17,24-25,30,33,43H,10-15,18-20H2,1-3H3,(H,44,49)/t25-,30?,33-/m0/s1. The SMILES string of the molecule is COc1nc(-c2cccc(-c3cccc(-c4cc5c(c(OC)n4)[C@@H](N4CC(C(C)=O)C4)CC5)c3Cl)c2Cl)cc2c1C(NC[C@@H]1CCC(=O)N1)CC2. The van der Waals surface area contributed by atoms with Gasteiger partial charge in [-0.25, -0.2) is 9.97 Å². The highest BCUT2D eigenvalue weighted by atomic mass is 35.5. The van der Waals surface area contributed by atoms with Gasteiger partial charge in [-0.05, 0) is 62.3 Å². The van der Waals surface area contributed by atoms with Crippen molar-refractivity contribution in [2.75, 3.05) is 33.9 Å². The summed E-state index contributed by atoms with van der Waals surface area (Å²) < 4.78 is 11.7. The minimum absolute atomic E-state index is 0.101. The fourth-order valence-electron chi connectivity index (χ4n) is 8.36. The van der Waals surface area contributed by atoms with Crippen LogP contribution in [0.4, 0.5) is 0 Å². The third-order valence-corrected chi connectivity index (χ3v) is 12.0. The first-order chi connectivity index (χ1) is 24.7.